The van der Waals surface area contributed by atoms with Crippen LogP contribution in [0.15, 0.2) is 60.7 Å². The first-order valence-corrected chi connectivity index (χ1v) is 15.2. The minimum atomic E-state index is -4.47. The number of ether oxygens (including phenoxy) is 1. The lowest BCUT2D eigenvalue weighted by Gasteiger charge is -2.57. The average Bonchev–Trinajstić information content (AvgIpc) is 2.92. The summed E-state index contributed by atoms with van der Waals surface area (Å²) in [6.45, 7) is 2.89. The number of alkyl halides is 3. The van der Waals surface area contributed by atoms with Crippen LogP contribution in [-0.2, 0) is 22.8 Å². The maximum absolute atomic E-state index is 13.3. The van der Waals surface area contributed by atoms with Gasteiger partial charge in [-0.15, -0.1) is 0 Å². The van der Waals surface area contributed by atoms with E-state index >= 15 is 0 Å². The van der Waals surface area contributed by atoms with Crippen molar-refractivity contribution in [2.45, 2.75) is 89.1 Å². The van der Waals surface area contributed by atoms with E-state index in [0.717, 1.165) is 66.5 Å². The molecule has 41 heavy (non-hydrogen) atoms. The van der Waals surface area contributed by atoms with Crippen LogP contribution < -0.4 is 4.74 Å². The van der Waals surface area contributed by atoms with E-state index < -0.39 is 17.7 Å². The van der Waals surface area contributed by atoms with Crippen LogP contribution in [0.5, 0.6) is 5.75 Å². The first kappa shape index (κ1) is 29.5. The molecule has 0 unspecified atom stereocenters. The lowest BCUT2D eigenvalue weighted by atomic mass is 9.48. The average molecular weight is 567 g/mol. The standard InChI is InChI=1S/C35H41F3O3/c1-2-3-4-15-41-32-19-24(11-13-31(32)34-21-25-16-26(22-34)18-27(17-25)23-34)7-5-8-28(12-14-33(39)40)29-9-6-10-30(20-29)35(36,37)38/h6,8-14,19-20,25-27H,2-5,7,15-18,21-23H2,1H3,(H,39,40)/b14-12+,28-8-. The lowest BCUT2D eigenvalue weighted by Crippen LogP contribution is -2.48. The van der Waals surface area contributed by atoms with Crippen LogP contribution in [0.2, 0.25) is 0 Å². The number of aryl methyl sites for hydroxylation is 1. The molecule has 2 aromatic rings. The number of hydrogen-bond donors (Lipinski definition) is 1. The fourth-order valence-corrected chi connectivity index (χ4v) is 7.97. The number of halogens is 3. The second-order valence-electron chi connectivity index (χ2n) is 12.5. The van der Waals surface area contributed by atoms with E-state index in [1.165, 1.54) is 56.2 Å². The van der Waals surface area contributed by atoms with E-state index in [4.69, 9.17) is 9.84 Å². The Labute approximate surface area is 241 Å². The maximum atomic E-state index is 13.3. The Morgan fingerprint density at radius 2 is 1.71 bits per heavy atom. The van der Waals surface area contributed by atoms with Gasteiger partial charge in [0.15, 0.2) is 0 Å². The number of carboxylic acid groups (broad SMARTS) is 1. The van der Waals surface area contributed by atoms with Crippen LogP contribution in [0.25, 0.3) is 5.57 Å². The molecule has 6 rings (SSSR count). The predicted molar refractivity (Wildman–Crippen MR) is 156 cm³/mol. The normalized spacial score (nSPS) is 25.7. The van der Waals surface area contributed by atoms with Gasteiger partial charge in [-0.1, -0.05) is 50.1 Å². The van der Waals surface area contributed by atoms with Crippen molar-refractivity contribution < 1.29 is 27.8 Å². The molecule has 0 aromatic heterocycles. The van der Waals surface area contributed by atoms with Gasteiger partial charge in [0.2, 0.25) is 0 Å². The van der Waals surface area contributed by atoms with Crippen LogP contribution in [-0.4, -0.2) is 17.7 Å². The Morgan fingerprint density at radius 1 is 1.00 bits per heavy atom. The Balaban J connectivity index is 1.38. The number of carboxylic acids is 1. The highest BCUT2D eigenvalue weighted by Gasteiger charge is 2.52. The third kappa shape index (κ3) is 7.07. The fourth-order valence-electron chi connectivity index (χ4n) is 7.97. The third-order valence-corrected chi connectivity index (χ3v) is 9.39. The van der Waals surface area contributed by atoms with Crippen molar-refractivity contribution >= 4 is 11.5 Å². The van der Waals surface area contributed by atoms with Gasteiger partial charge in [-0.3, -0.25) is 0 Å². The molecule has 220 valence electrons. The fraction of sp³-hybridized carbons (Fsp3) is 0.514. The molecule has 2 aromatic carbocycles. The summed E-state index contributed by atoms with van der Waals surface area (Å²) in [7, 11) is 0. The minimum absolute atomic E-state index is 0.228. The van der Waals surface area contributed by atoms with Gasteiger partial charge in [-0.25, -0.2) is 4.79 Å². The van der Waals surface area contributed by atoms with Crippen LogP contribution in [0, 0.1) is 17.8 Å². The van der Waals surface area contributed by atoms with E-state index in [2.05, 4.69) is 25.1 Å². The molecule has 4 fully saturated rings. The van der Waals surface area contributed by atoms with Gasteiger partial charge < -0.3 is 9.84 Å². The molecule has 0 radical (unpaired) electrons. The largest absolute Gasteiger partial charge is 0.493 e. The van der Waals surface area contributed by atoms with Crippen LogP contribution in [0.1, 0.15) is 93.4 Å². The smallest absolute Gasteiger partial charge is 0.416 e. The molecule has 4 saturated carbocycles. The molecule has 6 heteroatoms. The van der Waals surface area contributed by atoms with Gasteiger partial charge >= 0.3 is 12.1 Å². The monoisotopic (exact) mass is 566 g/mol. The van der Waals surface area contributed by atoms with Crippen molar-refractivity contribution in [2.75, 3.05) is 6.61 Å². The van der Waals surface area contributed by atoms with Crippen LogP contribution in [0.4, 0.5) is 13.2 Å². The maximum Gasteiger partial charge on any atom is 0.416 e. The van der Waals surface area contributed by atoms with Gasteiger partial charge in [0.05, 0.1) is 12.2 Å². The molecule has 0 amide bonds. The molecule has 0 spiro atoms. The highest BCUT2D eigenvalue weighted by atomic mass is 19.4. The van der Waals surface area contributed by atoms with Gasteiger partial charge in [0, 0.05) is 11.6 Å². The second-order valence-corrected chi connectivity index (χ2v) is 12.5. The Morgan fingerprint density at radius 3 is 2.34 bits per heavy atom. The molecule has 1 N–H and O–H groups in total. The summed E-state index contributed by atoms with van der Waals surface area (Å²) in [5, 5.41) is 9.14. The molecule has 0 saturated heterocycles. The molecule has 4 aliphatic rings. The molecule has 0 heterocycles. The van der Waals surface area contributed by atoms with Crippen molar-refractivity contribution in [3.05, 3.63) is 82.9 Å². The first-order chi connectivity index (χ1) is 19.6. The number of aliphatic carboxylic acids is 1. The number of carbonyl (C=O) groups is 1. The number of allylic oxidation sites excluding steroid dienone is 3. The molecule has 3 nitrogen and oxygen atoms in total. The summed E-state index contributed by atoms with van der Waals surface area (Å²) >= 11 is 0. The van der Waals surface area contributed by atoms with Gasteiger partial charge in [-0.05, 0) is 122 Å². The molecular formula is C35H41F3O3. The zero-order chi connectivity index (χ0) is 29.0. The number of benzene rings is 2. The van der Waals surface area contributed by atoms with Crippen molar-refractivity contribution in [1.29, 1.82) is 0 Å². The summed E-state index contributed by atoms with van der Waals surface area (Å²) in [6, 6.07) is 11.7. The van der Waals surface area contributed by atoms with Gasteiger partial charge in [0.1, 0.15) is 5.75 Å². The lowest BCUT2D eigenvalue weighted by molar-refractivity contribution is -0.137. The summed E-state index contributed by atoms with van der Waals surface area (Å²) in [4.78, 5) is 11.2. The SMILES string of the molecule is CCCCCOc1cc(CC/C=C(/C=C/C(=O)O)c2cccc(C(F)(F)F)c2)ccc1C12CC3CC(CC(C3)C1)C2. The van der Waals surface area contributed by atoms with Crippen molar-refractivity contribution in [2.24, 2.45) is 17.8 Å². The summed E-state index contributed by atoms with van der Waals surface area (Å²) in [5.74, 6) is 2.38. The van der Waals surface area contributed by atoms with Gasteiger partial charge in [-0.2, -0.15) is 13.2 Å². The van der Waals surface area contributed by atoms with E-state index in [1.807, 2.05) is 6.08 Å². The molecule has 4 bridgehead atoms. The van der Waals surface area contributed by atoms with E-state index in [-0.39, 0.29) is 5.41 Å². The Bertz CT molecular complexity index is 1250. The summed E-state index contributed by atoms with van der Waals surface area (Å²) in [6.07, 6.45) is 12.2. The van der Waals surface area contributed by atoms with E-state index in [1.54, 1.807) is 6.07 Å². The first-order valence-electron chi connectivity index (χ1n) is 15.2. The highest BCUT2D eigenvalue weighted by Crippen LogP contribution is 2.62. The highest BCUT2D eigenvalue weighted by molar-refractivity contribution is 5.85. The minimum Gasteiger partial charge on any atom is -0.493 e. The van der Waals surface area contributed by atoms with Gasteiger partial charge in [0.25, 0.3) is 0 Å². The Kier molecular flexibility index (Phi) is 8.96. The van der Waals surface area contributed by atoms with Crippen molar-refractivity contribution in [3.8, 4) is 5.75 Å². The molecular weight excluding hydrogens is 525 g/mol. The topological polar surface area (TPSA) is 46.5 Å². The molecule has 4 aliphatic carbocycles. The summed E-state index contributed by atoms with van der Waals surface area (Å²) < 4.78 is 46.4. The van der Waals surface area contributed by atoms with Crippen molar-refractivity contribution in [3.63, 3.8) is 0 Å². The van der Waals surface area contributed by atoms with E-state index in [0.29, 0.717) is 30.6 Å². The second kappa shape index (κ2) is 12.5. The van der Waals surface area contributed by atoms with Crippen LogP contribution >= 0.6 is 0 Å². The predicted octanol–water partition coefficient (Wildman–Crippen LogP) is 9.40. The number of hydrogen-bond acceptors (Lipinski definition) is 2. The van der Waals surface area contributed by atoms with E-state index in [9.17, 15) is 18.0 Å². The number of rotatable bonds is 12. The Hall–Kier alpha value is -3.02. The third-order valence-electron chi connectivity index (χ3n) is 9.39. The van der Waals surface area contributed by atoms with Crippen molar-refractivity contribution in [1.82, 2.24) is 0 Å². The summed E-state index contributed by atoms with van der Waals surface area (Å²) in [5.41, 5.74) is 2.77. The molecule has 0 atom stereocenters. The zero-order valence-electron chi connectivity index (χ0n) is 23.9. The van der Waals surface area contributed by atoms with Crippen LogP contribution in [0.3, 0.4) is 0 Å². The zero-order valence-corrected chi connectivity index (χ0v) is 23.9. The quantitative estimate of drug-likeness (QED) is 0.158. The number of unbranched alkanes of at least 4 members (excludes halogenated alkanes) is 2. The molecule has 0 aliphatic heterocycles.